The van der Waals surface area contributed by atoms with Gasteiger partial charge < -0.3 is 5.11 Å². The molecule has 1 aromatic heterocycles. The predicted octanol–water partition coefficient (Wildman–Crippen LogP) is 4.75. The molecule has 0 aliphatic carbocycles. The lowest BCUT2D eigenvalue weighted by atomic mass is 10.0. The van der Waals surface area contributed by atoms with E-state index in [1.54, 1.807) is 13.8 Å². The summed E-state index contributed by atoms with van der Waals surface area (Å²) in [5.41, 5.74) is -0.317. The van der Waals surface area contributed by atoms with Crippen LogP contribution in [0, 0.1) is 6.92 Å². The summed E-state index contributed by atoms with van der Waals surface area (Å²) < 4.78 is 37.6. The number of nitrogens with zero attached hydrogens (tertiary/aromatic N) is 1. The lowest BCUT2D eigenvalue weighted by Crippen LogP contribution is -2.18. The fraction of sp³-hybridized carbons (Fsp3) is 0.400. The first-order valence-electron chi connectivity index (χ1n) is 6.53. The summed E-state index contributed by atoms with van der Waals surface area (Å²) in [5, 5.41) is 10.9. The maximum absolute atomic E-state index is 12.5. The first-order valence-corrected chi connectivity index (χ1v) is 7.34. The van der Waals surface area contributed by atoms with Gasteiger partial charge in [0, 0.05) is 5.56 Å². The van der Waals surface area contributed by atoms with E-state index in [1.807, 2.05) is 6.92 Å². The molecule has 1 unspecified atom stereocenters. The Bertz CT molecular complexity index is 629. The van der Waals surface area contributed by atoms with Crippen molar-refractivity contribution in [2.24, 2.45) is 0 Å². The van der Waals surface area contributed by atoms with Crippen molar-refractivity contribution in [2.75, 3.05) is 0 Å². The molecule has 114 valence electrons. The van der Waals surface area contributed by atoms with Crippen LogP contribution in [0.5, 0.6) is 0 Å². The zero-order valence-corrected chi connectivity index (χ0v) is 12.8. The fourth-order valence-electron chi connectivity index (χ4n) is 1.98. The summed E-state index contributed by atoms with van der Waals surface area (Å²) in [6.07, 6.45) is -3.79. The minimum absolute atomic E-state index is 0.544. The zero-order valence-electron chi connectivity index (χ0n) is 12.0. The second kappa shape index (κ2) is 5.42. The number of hydrogen-bond acceptors (Lipinski definition) is 3. The van der Waals surface area contributed by atoms with Gasteiger partial charge in [0.2, 0.25) is 0 Å². The van der Waals surface area contributed by atoms with Crippen LogP contribution in [-0.2, 0) is 11.8 Å². The number of rotatable bonds is 3. The van der Waals surface area contributed by atoms with Crippen LogP contribution >= 0.6 is 11.3 Å². The third-order valence-electron chi connectivity index (χ3n) is 3.43. The van der Waals surface area contributed by atoms with Crippen LogP contribution < -0.4 is 0 Å². The number of aliphatic hydroxyl groups is 1. The molecule has 21 heavy (non-hydrogen) atoms. The van der Waals surface area contributed by atoms with Gasteiger partial charge >= 0.3 is 6.18 Å². The molecule has 2 nitrogen and oxygen atoms in total. The molecule has 0 bridgehead atoms. The highest BCUT2D eigenvalue weighted by molar-refractivity contribution is 7.15. The number of thiazole rings is 1. The van der Waals surface area contributed by atoms with Crippen molar-refractivity contribution in [3.05, 3.63) is 40.4 Å². The molecule has 2 aromatic rings. The molecule has 1 N–H and O–H groups in total. The molecular formula is C15H16F3NOS. The molecule has 1 heterocycles. The summed E-state index contributed by atoms with van der Waals surface area (Å²) in [6.45, 7) is 5.38. The van der Waals surface area contributed by atoms with E-state index < -0.39 is 17.3 Å². The number of aryl methyl sites for hydroxylation is 1. The average molecular weight is 315 g/mol. The van der Waals surface area contributed by atoms with Gasteiger partial charge in [-0.05, 0) is 32.4 Å². The Kier molecular flexibility index (Phi) is 4.13. The van der Waals surface area contributed by atoms with Crippen molar-refractivity contribution in [1.29, 1.82) is 0 Å². The van der Waals surface area contributed by atoms with Gasteiger partial charge in [-0.2, -0.15) is 13.2 Å². The largest absolute Gasteiger partial charge is 0.416 e. The first kappa shape index (κ1) is 16.0. The Morgan fingerprint density at radius 1 is 1.19 bits per heavy atom. The molecule has 0 aliphatic rings. The Balaban J connectivity index is 2.38. The van der Waals surface area contributed by atoms with Crippen LogP contribution in [0.1, 0.15) is 36.4 Å². The SMILES string of the molecule is CCC(C)(O)c1sc(-c2ccc(C(F)(F)F)cc2)nc1C. The molecule has 0 fully saturated rings. The number of hydrogen-bond donors (Lipinski definition) is 1. The first-order chi connectivity index (χ1) is 9.65. The maximum atomic E-state index is 12.5. The van der Waals surface area contributed by atoms with Gasteiger partial charge in [0.1, 0.15) is 5.01 Å². The van der Waals surface area contributed by atoms with E-state index in [0.29, 0.717) is 22.7 Å². The van der Waals surface area contributed by atoms with E-state index in [9.17, 15) is 18.3 Å². The number of aromatic nitrogens is 1. The van der Waals surface area contributed by atoms with Crippen molar-refractivity contribution in [2.45, 2.75) is 39.0 Å². The van der Waals surface area contributed by atoms with E-state index in [1.165, 1.54) is 23.5 Å². The topological polar surface area (TPSA) is 33.1 Å². The Hall–Kier alpha value is -1.40. The van der Waals surface area contributed by atoms with Gasteiger partial charge in [-0.25, -0.2) is 4.98 Å². The Morgan fingerprint density at radius 3 is 2.24 bits per heavy atom. The van der Waals surface area contributed by atoms with Crippen molar-refractivity contribution in [1.82, 2.24) is 4.98 Å². The number of halogens is 3. The average Bonchev–Trinajstić information content (AvgIpc) is 2.81. The lowest BCUT2D eigenvalue weighted by molar-refractivity contribution is -0.137. The highest BCUT2D eigenvalue weighted by Gasteiger charge is 2.30. The maximum Gasteiger partial charge on any atom is 0.416 e. The van der Waals surface area contributed by atoms with Gasteiger partial charge in [-0.3, -0.25) is 0 Å². The molecule has 0 spiro atoms. The van der Waals surface area contributed by atoms with Crippen LogP contribution in [0.15, 0.2) is 24.3 Å². The van der Waals surface area contributed by atoms with Crippen LogP contribution in [0.25, 0.3) is 10.6 Å². The monoisotopic (exact) mass is 315 g/mol. The summed E-state index contributed by atoms with van der Waals surface area (Å²) in [6, 6.07) is 4.91. The predicted molar refractivity (Wildman–Crippen MR) is 77.2 cm³/mol. The second-order valence-corrected chi connectivity index (χ2v) is 6.14. The Morgan fingerprint density at radius 2 is 1.76 bits per heavy atom. The van der Waals surface area contributed by atoms with Gasteiger partial charge in [-0.1, -0.05) is 19.1 Å². The van der Waals surface area contributed by atoms with Crippen LogP contribution in [0.2, 0.25) is 0 Å². The van der Waals surface area contributed by atoms with Gasteiger partial charge in [-0.15, -0.1) is 11.3 Å². The van der Waals surface area contributed by atoms with Crippen LogP contribution in [0.3, 0.4) is 0 Å². The van der Waals surface area contributed by atoms with Crippen molar-refractivity contribution in [3.63, 3.8) is 0 Å². The standard InChI is InChI=1S/C15H16F3NOS/c1-4-14(3,20)12-9(2)19-13(21-12)10-5-7-11(8-6-10)15(16,17)18/h5-8,20H,4H2,1-3H3. The van der Waals surface area contributed by atoms with E-state index in [-0.39, 0.29) is 0 Å². The summed E-state index contributed by atoms with van der Waals surface area (Å²) in [7, 11) is 0. The zero-order chi connectivity index (χ0) is 15.8. The lowest BCUT2D eigenvalue weighted by Gasteiger charge is -2.19. The van der Waals surface area contributed by atoms with E-state index in [0.717, 1.165) is 17.0 Å². The molecule has 0 amide bonds. The van der Waals surface area contributed by atoms with Crippen LogP contribution in [-0.4, -0.2) is 10.1 Å². The van der Waals surface area contributed by atoms with E-state index >= 15 is 0 Å². The fourth-order valence-corrected chi connectivity index (χ4v) is 3.17. The molecule has 0 aliphatic heterocycles. The van der Waals surface area contributed by atoms with Crippen LogP contribution in [0.4, 0.5) is 13.2 Å². The molecule has 6 heteroatoms. The smallest absolute Gasteiger partial charge is 0.385 e. The molecule has 0 saturated heterocycles. The third-order valence-corrected chi connectivity index (χ3v) is 4.89. The summed E-state index contributed by atoms with van der Waals surface area (Å²) in [4.78, 5) is 5.11. The highest BCUT2D eigenvalue weighted by atomic mass is 32.1. The van der Waals surface area contributed by atoms with Gasteiger partial charge in [0.05, 0.1) is 21.7 Å². The molecule has 0 radical (unpaired) electrons. The van der Waals surface area contributed by atoms with E-state index in [4.69, 9.17) is 0 Å². The molecule has 1 atom stereocenters. The highest BCUT2D eigenvalue weighted by Crippen LogP contribution is 2.37. The van der Waals surface area contributed by atoms with E-state index in [2.05, 4.69) is 4.98 Å². The normalized spacial score (nSPS) is 15.0. The molecule has 0 saturated carbocycles. The third kappa shape index (κ3) is 3.27. The van der Waals surface area contributed by atoms with Crippen molar-refractivity contribution in [3.8, 4) is 10.6 Å². The Labute approximate surface area is 125 Å². The molecule has 1 aromatic carbocycles. The minimum atomic E-state index is -4.34. The minimum Gasteiger partial charge on any atom is -0.385 e. The summed E-state index contributed by atoms with van der Waals surface area (Å²) >= 11 is 1.32. The quantitative estimate of drug-likeness (QED) is 0.886. The summed E-state index contributed by atoms with van der Waals surface area (Å²) in [5.74, 6) is 0. The van der Waals surface area contributed by atoms with Gasteiger partial charge in [0.25, 0.3) is 0 Å². The van der Waals surface area contributed by atoms with Crippen molar-refractivity contribution >= 4 is 11.3 Å². The number of benzene rings is 1. The van der Waals surface area contributed by atoms with Gasteiger partial charge in [0.15, 0.2) is 0 Å². The molecule has 2 rings (SSSR count). The number of alkyl halides is 3. The van der Waals surface area contributed by atoms with Crippen molar-refractivity contribution < 1.29 is 18.3 Å². The molecular weight excluding hydrogens is 299 g/mol. The second-order valence-electron chi connectivity index (χ2n) is 5.14.